The molecule has 2 rings (SSSR count). The Labute approximate surface area is 107 Å². The normalized spacial score (nSPS) is 14.1. The molecule has 3 nitrogen and oxygen atoms in total. The number of hydrogen-bond acceptors (Lipinski definition) is 3. The molecule has 18 heavy (non-hydrogen) atoms. The van der Waals surface area contributed by atoms with Gasteiger partial charge in [-0.3, -0.25) is 0 Å². The Hall–Kier alpha value is -1.32. The fourth-order valence-corrected chi connectivity index (χ4v) is 1.76. The van der Waals surface area contributed by atoms with Crippen molar-refractivity contribution in [2.45, 2.75) is 39.4 Å². The van der Waals surface area contributed by atoms with E-state index in [1.165, 1.54) is 5.56 Å². The van der Waals surface area contributed by atoms with Crippen LogP contribution in [-0.4, -0.2) is 17.3 Å². The number of aryl methyl sites for hydroxylation is 1. The van der Waals surface area contributed by atoms with Crippen molar-refractivity contribution >= 4 is 11.0 Å². The van der Waals surface area contributed by atoms with E-state index >= 15 is 0 Å². The first kappa shape index (κ1) is 13.1. The summed E-state index contributed by atoms with van der Waals surface area (Å²) < 4.78 is 11.2. The lowest BCUT2D eigenvalue weighted by molar-refractivity contribution is -0.0543. The monoisotopic (exact) mass is 248 g/mol. The van der Waals surface area contributed by atoms with E-state index in [0.29, 0.717) is 5.76 Å². The van der Waals surface area contributed by atoms with E-state index in [9.17, 15) is 5.11 Å². The van der Waals surface area contributed by atoms with Crippen LogP contribution in [0.15, 0.2) is 28.7 Å². The molecule has 98 valence electrons. The van der Waals surface area contributed by atoms with Crippen molar-refractivity contribution in [2.24, 2.45) is 0 Å². The van der Waals surface area contributed by atoms with Crippen molar-refractivity contribution in [3.05, 3.63) is 35.6 Å². The average Bonchev–Trinajstić information content (AvgIpc) is 2.67. The van der Waals surface area contributed by atoms with Gasteiger partial charge in [0.25, 0.3) is 0 Å². The Bertz CT molecular complexity index is 534. The van der Waals surface area contributed by atoms with Gasteiger partial charge in [-0.1, -0.05) is 11.6 Å². The molecule has 1 aromatic carbocycles. The first-order valence-electron chi connectivity index (χ1n) is 6.17. The predicted molar refractivity (Wildman–Crippen MR) is 71.6 cm³/mol. The Morgan fingerprint density at radius 3 is 2.67 bits per heavy atom. The summed E-state index contributed by atoms with van der Waals surface area (Å²) in [5.41, 5.74) is 1.71. The molecular formula is C15H20O3. The van der Waals surface area contributed by atoms with Gasteiger partial charge in [0.15, 0.2) is 0 Å². The highest BCUT2D eigenvalue weighted by Gasteiger charge is 2.18. The summed E-state index contributed by atoms with van der Waals surface area (Å²) in [6.07, 6.45) is -0.725. The lowest BCUT2D eigenvalue weighted by Gasteiger charge is -2.21. The van der Waals surface area contributed by atoms with Crippen molar-refractivity contribution < 1.29 is 14.3 Å². The third-order valence-corrected chi connectivity index (χ3v) is 2.69. The molecule has 1 heterocycles. The Morgan fingerprint density at radius 2 is 2.00 bits per heavy atom. The van der Waals surface area contributed by atoms with Crippen molar-refractivity contribution in [3.63, 3.8) is 0 Å². The number of fused-ring (bicyclic) bond motifs is 1. The maximum atomic E-state index is 10.0. The number of aliphatic hydroxyl groups excluding tert-OH is 1. The number of hydrogen-bond donors (Lipinski definition) is 1. The van der Waals surface area contributed by atoms with Gasteiger partial charge in [0.1, 0.15) is 17.4 Å². The molecule has 0 spiro atoms. The van der Waals surface area contributed by atoms with Gasteiger partial charge < -0.3 is 14.3 Å². The third kappa shape index (κ3) is 3.12. The molecule has 1 N–H and O–H groups in total. The van der Waals surface area contributed by atoms with Crippen LogP contribution in [0.4, 0.5) is 0 Å². The zero-order chi connectivity index (χ0) is 13.3. The lowest BCUT2D eigenvalue weighted by atomic mass is 10.1. The van der Waals surface area contributed by atoms with Crippen LogP contribution in [0.25, 0.3) is 11.0 Å². The molecule has 1 aromatic heterocycles. The molecule has 0 aliphatic carbocycles. The molecule has 0 radical (unpaired) electrons. The highest BCUT2D eigenvalue weighted by molar-refractivity contribution is 5.78. The summed E-state index contributed by atoms with van der Waals surface area (Å²) in [5, 5.41) is 11.0. The highest BCUT2D eigenvalue weighted by atomic mass is 16.5. The maximum absolute atomic E-state index is 10.0. The van der Waals surface area contributed by atoms with E-state index in [2.05, 4.69) is 0 Å². The molecule has 0 saturated carbocycles. The number of benzene rings is 1. The minimum absolute atomic E-state index is 0.238. The van der Waals surface area contributed by atoms with Gasteiger partial charge in [0, 0.05) is 5.39 Å². The van der Waals surface area contributed by atoms with Gasteiger partial charge in [-0.15, -0.1) is 0 Å². The van der Waals surface area contributed by atoms with Crippen molar-refractivity contribution in [1.82, 2.24) is 0 Å². The van der Waals surface area contributed by atoms with Gasteiger partial charge in [0.2, 0.25) is 0 Å². The number of rotatable bonds is 3. The fraction of sp³-hybridized carbons (Fsp3) is 0.467. The Balaban J connectivity index is 2.15. The van der Waals surface area contributed by atoms with E-state index in [0.717, 1.165) is 11.0 Å². The van der Waals surface area contributed by atoms with E-state index in [1.807, 2.05) is 52.0 Å². The van der Waals surface area contributed by atoms with E-state index in [-0.39, 0.29) is 12.2 Å². The average molecular weight is 248 g/mol. The summed E-state index contributed by atoms with van der Waals surface area (Å²) in [5.74, 6) is 0.555. The fourth-order valence-electron chi connectivity index (χ4n) is 1.76. The first-order chi connectivity index (χ1) is 8.35. The quantitative estimate of drug-likeness (QED) is 0.902. The van der Waals surface area contributed by atoms with E-state index in [1.54, 1.807) is 0 Å². The van der Waals surface area contributed by atoms with Gasteiger partial charge in [-0.25, -0.2) is 0 Å². The summed E-state index contributed by atoms with van der Waals surface area (Å²) >= 11 is 0. The Morgan fingerprint density at radius 1 is 1.28 bits per heavy atom. The molecule has 0 amide bonds. The minimum Gasteiger partial charge on any atom is -0.458 e. The number of aliphatic hydroxyl groups is 1. The zero-order valence-electron chi connectivity index (χ0n) is 11.4. The lowest BCUT2D eigenvalue weighted by Crippen LogP contribution is -2.22. The van der Waals surface area contributed by atoms with E-state index in [4.69, 9.17) is 9.15 Å². The molecule has 0 aliphatic heterocycles. The van der Waals surface area contributed by atoms with Crippen molar-refractivity contribution in [2.75, 3.05) is 6.61 Å². The Kier molecular flexibility index (Phi) is 3.46. The van der Waals surface area contributed by atoms with Crippen LogP contribution in [0.1, 0.15) is 38.2 Å². The zero-order valence-corrected chi connectivity index (χ0v) is 11.4. The van der Waals surface area contributed by atoms with Crippen LogP contribution in [-0.2, 0) is 4.74 Å². The van der Waals surface area contributed by atoms with E-state index < -0.39 is 6.10 Å². The van der Waals surface area contributed by atoms with Crippen LogP contribution in [0.2, 0.25) is 0 Å². The van der Waals surface area contributed by atoms with Gasteiger partial charge >= 0.3 is 0 Å². The second-order valence-corrected chi connectivity index (χ2v) is 5.63. The molecule has 1 unspecified atom stereocenters. The second-order valence-electron chi connectivity index (χ2n) is 5.63. The number of ether oxygens (including phenoxy) is 1. The molecule has 0 bridgehead atoms. The van der Waals surface area contributed by atoms with Gasteiger partial charge in [-0.05, 0) is 45.9 Å². The molecule has 0 saturated heterocycles. The number of furan rings is 1. The first-order valence-corrected chi connectivity index (χ1v) is 6.17. The summed E-state index contributed by atoms with van der Waals surface area (Å²) in [6.45, 7) is 8.15. The van der Waals surface area contributed by atoms with Crippen LogP contribution in [0.3, 0.4) is 0 Å². The molecular weight excluding hydrogens is 228 g/mol. The summed E-state index contributed by atoms with van der Waals surface area (Å²) in [6, 6.07) is 7.83. The molecule has 2 aromatic rings. The van der Waals surface area contributed by atoms with Crippen LogP contribution in [0.5, 0.6) is 0 Å². The summed E-state index contributed by atoms with van der Waals surface area (Å²) in [4.78, 5) is 0. The SMILES string of the molecule is Cc1ccc2oc(C(O)COC(C)(C)C)cc2c1. The van der Waals surface area contributed by atoms with Crippen LogP contribution >= 0.6 is 0 Å². The van der Waals surface area contributed by atoms with Crippen LogP contribution < -0.4 is 0 Å². The second kappa shape index (κ2) is 4.75. The molecule has 0 fully saturated rings. The standard InChI is InChI=1S/C15H20O3/c1-10-5-6-13-11(7-10)8-14(18-13)12(16)9-17-15(2,3)4/h5-8,12,16H,9H2,1-4H3. The van der Waals surface area contributed by atoms with Crippen molar-refractivity contribution in [3.8, 4) is 0 Å². The van der Waals surface area contributed by atoms with Crippen LogP contribution in [0, 0.1) is 6.92 Å². The largest absolute Gasteiger partial charge is 0.458 e. The third-order valence-electron chi connectivity index (χ3n) is 2.69. The smallest absolute Gasteiger partial charge is 0.136 e. The molecule has 0 aliphatic rings. The molecule has 3 heteroatoms. The topological polar surface area (TPSA) is 42.6 Å². The molecule has 1 atom stereocenters. The van der Waals surface area contributed by atoms with Crippen molar-refractivity contribution in [1.29, 1.82) is 0 Å². The predicted octanol–water partition coefficient (Wildman–Crippen LogP) is 3.59. The highest BCUT2D eigenvalue weighted by Crippen LogP contribution is 2.25. The van der Waals surface area contributed by atoms with Gasteiger partial charge in [-0.2, -0.15) is 0 Å². The minimum atomic E-state index is -0.725. The summed E-state index contributed by atoms with van der Waals surface area (Å²) in [7, 11) is 0. The maximum Gasteiger partial charge on any atom is 0.136 e. The van der Waals surface area contributed by atoms with Gasteiger partial charge in [0.05, 0.1) is 12.2 Å².